The molecule has 3 rings (SSSR count). The van der Waals surface area contributed by atoms with Gasteiger partial charge in [0.1, 0.15) is 16.5 Å². The number of amides is 2. The van der Waals surface area contributed by atoms with Crippen molar-refractivity contribution in [2.24, 2.45) is 0 Å². The molecule has 28 heavy (non-hydrogen) atoms. The van der Waals surface area contributed by atoms with Crippen molar-refractivity contribution >= 4 is 34.8 Å². The molecule has 8 heteroatoms. The Kier molecular flexibility index (Phi) is 5.65. The normalized spacial score (nSPS) is 10.4. The first-order chi connectivity index (χ1) is 13.4. The van der Waals surface area contributed by atoms with Crippen LogP contribution < -0.4 is 15.4 Å². The zero-order chi connectivity index (χ0) is 20.3. The smallest absolute Gasteiger partial charge is 0.260 e. The van der Waals surface area contributed by atoms with Crippen LogP contribution in [0.5, 0.6) is 5.75 Å². The fourth-order valence-corrected chi connectivity index (χ4v) is 3.12. The third-order valence-corrected chi connectivity index (χ3v) is 4.35. The van der Waals surface area contributed by atoms with Gasteiger partial charge in [-0.05, 0) is 37.3 Å². The molecule has 0 unspecified atom stereocenters. The molecular weight excluding hydrogens is 380 g/mol. The Morgan fingerprint density at radius 1 is 1.11 bits per heavy atom. The summed E-state index contributed by atoms with van der Waals surface area (Å²) in [7, 11) is 1.50. The summed E-state index contributed by atoms with van der Waals surface area (Å²) >= 11 is 6.44. The summed E-state index contributed by atoms with van der Waals surface area (Å²) in [6.07, 6.45) is 0. The van der Waals surface area contributed by atoms with Gasteiger partial charge in [-0.2, -0.15) is 5.10 Å². The van der Waals surface area contributed by atoms with E-state index in [0.717, 1.165) is 5.69 Å². The number of ether oxygens (including phenoxy) is 1. The molecule has 1 heterocycles. The van der Waals surface area contributed by atoms with Crippen LogP contribution in [-0.4, -0.2) is 28.7 Å². The second-order valence-electron chi connectivity index (χ2n) is 6.05. The monoisotopic (exact) mass is 398 g/mol. The van der Waals surface area contributed by atoms with Crippen molar-refractivity contribution in [3.63, 3.8) is 0 Å². The zero-order valence-corrected chi connectivity index (χ0v) is 16.4. The minimum Gasteiger partial charge on any atom is -0.495 e. The number of aromatic nitrogens is 2. The quantitative estimate of drug-likeness (QED) is 0.678. The number of benzene rings is 2. The molecule has 0 aliphatic rings. The van der Waals surface area contributed by atoms with Crippen molar-refractivity contribution in [1.29, 1.82) is 0 Å². The average Bonchev–Trinajstić information content (AvgIpc) is 2.96. The van der Waals surface area contributed by atoms with Gasteiger partial charge in [0, 0.05) is 12.6 Å². The predicted molar refractivity (Wildman–Crippen MR) is 109 cm³/mol. The lowest BCUT2D eigenvalue weighted by Crippen LogP contribution is -2.14. The van der Waals surface area contributed by atoms with E-state index in [2.05, 4.69) is 15.7 Å². The number of aryl methyl sites for hydroxylation is 1. The Labute approximate surface area is 167 Å². The standard InChI is InChI=1S/C20H19ClN4O3/c1-12-18(19(21)25(24-12)15-7-5-4-6-8-15)20(27)23-14-9-10-17(28-3)16(11-14)22-13(2)26/h4-11H,1-3H3,(H,22,26)(H,23,27). The highest BCUT2D eigenvalue weighted by Gasteiger charge is 2.21. The minimum absolute atomic E-state index is 0.219. The van der Waals surface area contributed by atoms with E-state index in [0.29, 0.717) is 22.8 Å². The van der Waals surface area contributed by atoms with Gasteiger partial charge in [-0.25, -0.2) is 4.68 Å². The van der Waals surface area contributed by atoms with Crippen LogP contribution in [0.25, 0.3) is 5.69 Å². The van der Waals surface area contributed by atoms with Crippen molar-refractivity contribution in [2.75, 3.05) is 17.7 Å². The van der Waals surface area contributed by atoms with E-state index in [1.54, 1.807) is 25.1 Å². The molecule has 7 nitrogen and oxygen atoms in total. The lowest BCUT2D eigenvalue weighted by atomic mass is 10.2. The maximum Gasteiger partial charge on any atom is 0.260 e. The van der Waals surface area contributed by atoms with Crippen LogP contribution in [0.2, 0.25) is 5.15 Å². The Morgan fingerprint density at radius 2 is 1.82 bits per heavy atom. The number of methoxy groups -OCH3 is 1. The largest absolute Gasteiger partial charge is 0.495 e. The number of carbonyl (C=O) groups excluding carboxylic acids is 2. The van der Waals surface area contributed by atoms with E-state index in [9.17, 15) is 9.59 Å². The van der Waals surface area contributed by atoms with Gasteiger partial charge >= 0.3 is 0 Å². The number of nitrogens with zero attached hydrogens (tertiary/aromatic N) is 2. The molecule has 1 aromatic heterocycles. The van der Waals surface area contributed by atoms with Crippen molar-refractivity contribution in [2.45, 2.75) is 13.8 Å². The summed E-state index contributed by atoms with van der Waals surface area (Å²) in [6.45, 7) is 3.11. The molecule has 2 amide bonds. The first-order valence-corrected chi connectivity index (χ1v) is 8.86. The second-order valence-corrected chi connectivity index (χ2v) is 6.41. The molecule has 0 fully saturated rings. The first kappa shape index (κ1) is 19.4. The fourth-order valence-electron chi connectivity index (χ4n) is 2.76. The number of carbonyl (C=O) groups is 2. The highest BCUT2D eigenvalue weighted by atomic mass is 35.5. The van der Waals surface area contributed by atoms with E-state index >= 15 is 0 Å². The highest BCUT2D eigenvalue weighted by molar-refractivity contribution is 6.34. The molecule has 0 radical (unpaired) electrons. The van der Waals surface area contributed by atoms with E-state index in [1.807, 2.05) is 30.3 Å². The molecule has 0 saturated carbocycles. The summed E-state index contributed by atoms with van der Waals surface area (Å²) in [5, 5.41) is 10.0. The predicted octanol–water partition coefficient (Wildman–Crippen LogP) is 4.05. The lowest BCUT2D eigenvalue weighted by Gasteiger charge is -2.12. The van der Waals surface area contributed by atoms with E-state index in [4.69, 9.17) is 16.3 Å². The molecule has 0 saturated heterocycles. The minimum atomic E-state index is -0.399. The Morgan fingerprint density at radius 3 is 2.46 bits per heavy atom. The number of nitrogens with one attached hydrogen (secondary N) is 2. The van der Waals surface area contributed by atoms with E-state index in [1.165, 1.54) is 18.7 Å². The van der Waals surface area contributed by atoms with Crippen molar-refractivity contribution < 1.29 is 14.3 Å². The van der Waals surface area contributed by atoms with Gasteiger partial charge in [0.2, 0.25) is 5.91 Å². The molecule has 2 aromatic carbocycles. The number of anilines is 2. The van der Waals surface area contributed by atoms with Gasteiger partial charge in [-0.15, -0.1) is 0 Å². The van der Waals surface area contributed by atoms with Gasteiger partial charge < -0.3 is 15.4 Å². The van der Waals surface area contributed by atoms with Crippen LogP contribution in [0.3, 0.4) is 0 Å². The highest BCUT2D eigenvalue weighted by Crippen LogP contribution is 2.29. The van der Waals surface area contributed by atoms with Gasteiger partial charge in [0.15, 0.2) is 0 Å². The maximum atomic E-state index is 12.8. The number of halogens is 1. The second kappa shape index (κ2) is 8.14. The van der Waals surface area contributed by atoms with Crippen LogP contribution in [-0.2, 0) is 4.79 Å². The van der Waals surface area contributed by atoms with Crippen LogP contribution in [0.4, 0.5) is 11.4 Å². The van der Waals surface area contributed by atoms with Gasteiger partial charge in [0.05, 0.1) is 24.2 Å². The van der Waals surface area contributed by atoms with Crippen molar-refractivity contribution in [1.82, 2.24) is 9.78 Å². The van der Waals surface area contributed by atoms with Crippen LogP contribution >= 0.6 is 11.6 Å². The molecule has 0 aliphatic carbocycles. The topological polar surface area (TPSA) is 85.2 Å². The summed E-state index contributed by atoms with van der Waals surface area (Å²) in [5.74, 6) is -0.160. The molecule has 144 valence electrons. The molecule has 0 aliphatic heterocycles. The fraction of sp³-hybridized carbons (Fsp3) is 0.150. The van der Waals surface area contributed by atoms with Crippen molar-refractivity contribution in [3.8, 4) is 11.4 Å². The van der Waals surface area contributed by atoms with Gasteiger partial charge in [-0.1, -0.05) is 29.8 Å². The van der Waals surface area contributed by atoms with Crippen molar-refractivity contribution in [3.05, 3.63) is 64.9 Å². The maximum absolute atomic E-state index is 12.8. The number of rotatable bonds is 5. The number of para-hydroxylation sites is 1. The van der Waals surface area contributed by atoms with E-state index in [-0.39, 0.29) is 16.6 Å². The molecule has 0 spiro atoms. The third kappa shape index (κ3) is 3.99. The first-order valence-electron chi connectivity index (χ1n) is 8.48. The zero-order valence-electron chi connectivity index (χ0n) is 15.6. The van der Waals surface area contributed by atoms with Crippen LogP contribution in [0.1, 0.15) is 23.0 Å². The number of hydrogen-bond acceptors (Lipinski definition) is 4. The SMILES string of the molecule is COc1ccc(NC(=O)c2c(C)nn(-c3ccccc3)c2Cl)cc1NC(C)=O. The average molecular weight is 399 g/mol. The van der Waals surface area contributed by atoms with Gasteiger partial charge in [-0.3, -0.25) is 9.59 Å². The Hall–Kier alpha value is -3.32. The summed E-state index contributed by atoms with van der Waals surface area (Å²) in [4.78, 5) is 24.2. The molecule has 0 atom stereocenters. The molecule has 2 N–H and O–H groups in total. The third-order valence-electron chi connectivity index (χ3n) is 4.00. The molecular formula is C20H19ClN4O3. The number of hydrogen-bond donors (Lipinski definition) is 2. The van der Waals surface area contributed by atoms with Crippen LogP contribution in [0.15, 0.2) is 48.5 Å². The molecule has 0 bridgehead atoms. The lowest BCUT2D eigenvalue weighted by molar-refractivity contribution is -0.114. The molecule has 3 aromatic rings. The summed E-state index contributed by atoms with van der Waals surface area (Å²) in [6, 6.07) is 14.3. The van der Waals surface area contributed by atoms with Gasteiger partial charge in [0.25, 0.3) is 5.91 Å². The Bertz CT molecular complexity index is 1030. The van der Waals surface area contributed by atoms with Crippen LogP contribution in [0, 0.1) is 6.92 Å². The Balaban J connectivity index is 1.90. The summed E-state index contributed by atoms with van der Waals surface area (Å²) < 4.78 is 6.74. The van der Waals surface area contributed by atoms with E-state index < -0.39 is 5.91 Å². The summed E-state index contributed by atoms with van der Waals surface area (Å²) in [5.41, 5.74) is 2.48.